The average molecular weight is 1420 g/mol. The van der Waals surface area contributed by atoms with E-state index >= 15 is 0 Å². The Morgan fingerprint density at radius 1 is 0.135 bits per heavy atom. The van der Waals surface area contributed by atoms with Crippen LogP contribution in [0.15, 0.2) is 352 Å². The molecule has 2 aromatic heterocycles. The van der Waals surface area contributed by atoms with Gasteiger partial charge in [-0.05, 0) is 205 Å². The van der Waals surface area contributed by atoms with E-state index in [1.807, 2.05) is 36.4 Å². The first kappa shape index (κ1) is 66.7. The zero-order valence-corrected chi connectivity index (χ0v) is 62.7. The van der Waals surface area contributed by atoms with E-state index in [1.54, 1.807) is 0 Å². The minimum atomic E-state index is -0.310. The van der Waals surface area contributed by atoms with E-state index in [9.17, 15) is 0 Å². The van der Waals surface area contributed by atoms with Crippen LogP contribution in [0, 0.1) is 0 Å². The Kier molecular flexibility index (Phi) is 15.8. The van der Waals surface area contributed by atoms with Crippen LogP contribution in [0.3, 0.4) is 0 Å². The van der Waals surface area contributed by atoms with E-state index in [0.29, 0.717) is 34.9 Å². The molecule has 0 radical (unpaired) electrons. The van der Waals surface area contributed by atoms with Crippen LogP contribution in [-0.4, -0.2) is 29.9 Å². The first-order valence-electron chi connectivity index (χ1n) is 38.4. The van der Waals surface area contributed by atoms with Crippen molar-refractivity contribution in [2.75, 3.05) is 0 Å². The maximum Gasteiger partial charge on any atom is 0.164 e. The molecule has 0 atom stereocenters. The van der Waals surface area contributed by atoms with Gasteiger partial charge in [0.2, 0.25) is 0 Å². The Hall–Kier alpha value is -13.7. The summed E-state index contributed by atoms with van der Waals surface area (Å²) < 4.78 is 0. The second kappa shape index (κ2) is 26.3. The Labute approximate surface area is 648 Å². The normalized spacial score (nSPS) is 13.5. The second-order valence-corrected chi connectivity index (χ2v) is 31.4. The molecule has 6 nitrogen and oxygen atoms in total. The highest BCUT2D eigenvalue weighted by Crippen LogP contribution is 2.54. The Balaban J connectivity index is 0.610. The number of nitrogens with zero attached hydrogens (tertiary/aromatic N) is 6. The molecule has 2 heterocycles. The Morgan fingerprint density at radius 3 is 0.685 bits per heavy atom. The van der Waals surface area contributed by atoms with E-state index in [2.05, 4.69) is 357 Å². The lowest BCUT2D eigenvalue weighted by Gasteiger charge is -2.23. The highest BCUT2D eigenvalue weighted by molar-refractivity contribution is 5.91. The molecule has 0 bridgehead atoms. The molecule has 0 spiro atoms. The summed E-state index contributed by atoms with van der Waals surface area (Å²) in [6, 6.07) is 127. The maximum atomic E-state index is 5.44. The molecule has 0 amide bonds. The summed E-state index contributed by atoms with van der Waals surface area (Å²) in [6.45, 7) is 14.1. The van der Waals surface area contributed by atoms with Crippen LogP contribution in [0.1, 0.15) is 74.9 Å². The molecule has 6 heteroatoms. The molecule has 0 saturated heterocycles. The predicted octanol–water partition coefficient (Wildman–Crippen LogP) is 26.6. The third kappa shape index (κ3) is 11.7. The van der Waals surface area contributed by atoms with Gasteiger partial charge in [-0.2, -0.15) is 0 Å². The third-order valence-electron chi connectivity index (χ3n) is 23.6. The fraction of sp³-hybridized carbons (Fsp3) is 0.0857. The van der Waals surface area contributed by atoms with Crippen molar-refractivity contribution < 1.29 is 0 Å². The lowest BCUT2D eigenvalue weighted by Crippen LogP contribution is -2.15. The number of rotatable bonds is 13. The van der Waals surface area contributed by atoms with Crippen molar-refractivity contribution in [2.45, 2.75) is 57.8 Å². The Bertz CT molecular complexity index is 6540. The van der Waals surface area contributed by atoms with Gasteiger partial charge in [0.1, 0.15) is 0 Å². The van der Waals surface area contributed by atoms with Gasteiger partial charge in [-0.1, -0.05) is 333 Å². The van der Waals surface area contributed by atoms with Crippen molar-refractivity contribution in [3.8, 4) is 180 Å². The maximum absolute atomic E-state index is 5.44. The Morgan fingerprint density at radius 2 is 0.324 bits per heavy atom. The van der Waals surface area contributed by atoms with Gasteiger partial charge in [0.15, 0.2) is 34.9 Å². The van der Waals surface area contributed by atoms with E-state index < -0.39 is 0 Å². The largest absolute Gasteiger partial charge is 0.208 e. The fourth-order valence-electron chi connectivity index (χ4n) is 17.5. The zero-order chi connectivity index (χ0) is 74.7. The van der Waals surface area contributed by atoms with Crippen molar-refractivity contribution >= 4 is 0 Å². The van der Waals surface area contributed by atoms with Crippen LogP contribution >= 0.6 is 0 Å². The summed E-state index contributed by atoms with van der Waals surface area (Å²) in [4.78, 5) is 31.8. The van der Waals surface area contributed by atoms with Crippen molar-refractivity contribution in [3.05, 3.63) is 385 Å². The highest BCUT2D eigenvalue weighted by atomic mass is 15.0. The molecule has 0 aliphatic heterocycles. The molecule has 0 unspecified atom stereocenters. The summed E-state index contributed by atoms with van der Waals surface area (Å²) >= 11 is 0. The SMILES string of the molecule is CC1(C)c2ccccc2-c2ccc(-c3cc(-c4ccccc4)cc(-c4nc(-c5ccccc5)nc(-c5ccc(-c6ccc(-c7ccc8c(c7)C(C)(C)c7cc(-c9cc(-c%10ccc(-c%11ccccc%11)cc%10)cc(-c%10nc(-c%11ccccc%11)nc(-c%11ccc%12c(c%11)C(C)(C)c%11ccccc%11-%12)n%10)c9)ccc7-8)cc6)cc5)n4)c3)cc21. The lowest BCUT2D eigenvalue weighted by molar-refractivity contribution is 0.660. The van der Waals surface area contributed by atoms with Crippen LogP contribution < -0.4 is 0 Å². The topological polar surface area (TPSA) is 77.3 Å². The molecule has 0 fully saturated rings. The smallest absolute Gasteiger partial charge is 0.164 e. The molecular weight excluding hydrogens is 1350 g/mol. The van der Waals surface area contributed by atoms with Gasteiger partial charge in [-0.25, -0.2) is 29.9 Å². The highest BCUT2D eigenvalue weighted by Gasteiger charge is 2.39. The van der Waals surface area contributed by atoms with Gasteiger partial charge in [0.25, 0.3) is 0 Å². The first-order valence-corrected chi connectivity index (χ1v) is 38.4. The van der Waals surface area contributed by atoms with Crippen molar-refractivity contribution in [2.24, 2.45) is 0 Å². The van der Waals surface area contributed by atoms with Crippen LogP contribution in [-0.2, 0) is 16.2 Å². The van der Waals surface area contributed by atoms with Crippen molar-refractivity contribution in [3.63, 3.8) is 0 Å². The lowest BCUT2D eigenvalue weighted by atomic mass is 9.80. The molecule has 526 valence electrons. The van der Waals surface area contributed by atoms with E-state index in [0.717, 1.165) is 94.6 Å². The molecule has 17 aromatic rings. The first-order chi connectivity index (χ1) is 54.2. The van der Waals surface area contributed by atoms with Crippen LogP contribution in [0.5, 0.6) is 0 Å². The number of hydrogen-bond acceptors (Lipinski definition) is 6. The van der Waals surface area contributed by atoms with Crippen LogP contribution in [0.2, 0.25) is 0 Å². The van der Waals surface area contributed by atoms with Gasteiger partial charge in [0, 0.05) is 49.6 Å². The summed E-state index contributed by atoms with van der Waals surface area (Å²) in [7, 11) is 0. The van der Waals surface area contributed by atoms with Gasteiger partial charge in [-0.15, -0.1) is 0 Å². The van der Waals surface area contributed by atoms with Crippen molar-refractivity contribution in [1.29, 1.82) is 0 Å². The zero-order valence-electron chi connectivity index (χ0n) is 62.7. The minimum absolute atomic E-state index is 0.138. The van der Waals surface area contributed by atoms with Gasteiger partial charge < -0.3 is 0 Å². The van der Waals surface area contributed by atoms with Gasteiger partial charge in [0.05, 0.1) is 0 Å². The molecule has 15 aromatic carbocycles. The number of aromatic nitrogens is 6. The molecule has 0 N–H and O–H groups in total. The number of hydrogen-bond donors (Lipinski definition) is 0. The van der Waals surface area contributed by atoms with Crippen LogP contribution in [0.4, 0.5) is 0 Å². The predicted molar refractivity (Wildman–Crippen MR) is 457 cm³/mol. The summed E-state index contributed by atoms with van der Waals surface area (Å²) in [5.41, 5.74) is 36.2. The molecule has 111 heavy (non-hydrogen) atoms. The third-order valence-corrected chi connectivity index (χ3v) is 23.6. The summed E-state index contributed by atoms with van der Waals surface area (Å²) in [5, 5.41) is 0. The quantitative estimate of drug-likeness (QED) is 0.114. The molecule has 3 aliphatic rings. The van der Waals surface area contributed by atoms with Gasteiger partial charge in [-0.3, -0.25) is 0 Å². The molecule has 3 aliphatic carbocycles. The van der Waals surface area contributed by atoms with E-state index in [1.165, 1.54) is 83.5 Å². The average Bonchev–Trinajstić information content (AvgIpc) is 1.59. The molecule has 0 saturated carbocycles. The monoisotopic (exact) mass is 1420 g/mol. The van der Waals surface area contributed by atoms with E-state index in [4.69, 9.17) is 29.9 Å². The second-order valence-electron chi connectivity index (χ2n) is 31.4. The molecule has 20 rings (SSSR count). The van der Waals surface area contributed by atoms with Crippen LogP contribution in [0.25, 0.3) is 180 Å². The fourth-order valence-corrected chi connectivity index (χ4v) is 17.5. The standard InChI is InChI=1S/C105H76N6/c1-103(2)91-33-21-19-31-85(91)87-52-48-76(62-93(87)103)81-55-79(66-25-13-8-14-26-66)57-83(59-81)101-108-97(72-27-15-9-16-28-72)106-99(110-101)74-45-43-69(44-46-74)68-35-39-70(40-36-68)75-47-51-89-90-53-49-77(63-95(90)105(5,6)94(89)61-75)82-56-80(71-41-37-67(38-42-71)65-23-11-7-12-24-65)58-84(60-82)102-109-98(73-29-17-10-18-30-73)107-100(111-102)78-50-54-88-86-32-20-22-34-92(86)104(3,4)96(88)64-78/h7-64H,1-6H3. The number of benzene rings is 15. The minimum Gasteiger partial charge on any atom is -0.208 e. The van der Waals surface area contributed by atoms with E-state index in [-0.39, 0.29) is 16.2 Å². The van der Waals surface area contributed by atoms with Gasteiger partial charge >= 0.3 is 0 Å². The number of fused-ring (bicyclic) bond motifs is 9. The summed E-state index contributed by atoms with van der Waals surface area (Å²) in [6.07, 6.45) is 0. The van der Waals surface area contributed by atoms with Crippen molar-refractivity contribution in [1.82, 2.24) is 29.9 Å². The molecular formula is C105H76N6. The summed E-state index contributed by atoms with van der Waals surface area (Å²) in [5.74, 6) is 3.71.